The van der Waals surface area contributed by atoms with Gasteiger partial charge in [0, 0.05) is 38.0 Å². The summed E-state index contributed by atoms with van der Waals surface area (Å²) in [5.41, 5.74) is 0. The van der Waals surface area contributed by atoms with Crippen molar-refractivity contribution in [2.45, 2.75) is 31.0 Å². The fourth-order valence-corrected chi connectivity index (χ4v) is 3.09. The summed E-state index contributed by atoms with van der Waals surface area (Å²) in [7, 11) is 0. The minimum Gasteiger partial charge on any atom is -0.461 e. The third kappa shape index (κ3) is 3.74. The first-order valence-corrected chi connectivity index (χ1v) is 7.72. The summed E-state index contributed by atoms with van der Waals surface area (Å²) >= 11 is 0. The summed E-state index contributed by atoms with van der Waals surface area (Å²) in [6, 6.07) is 0.393. The number of hydrogen-bond donors (Lipinski definition) is 3. The van der Waals surface area contributed by atoms with Gasteiger partial charge in [0.25, 0.3) is 0 Å². The van der Waals surface area contributed by atoms with Gasteiger partial charge in [-0.1, -0.05) is 30.4 Å². The first kappa shape index (κ1) is 14.4. The quantitative estimate of drug-likeness (QED) is 0.659. The lowest BCUT2D eigenvalue weighted by Gasteiger charge is -2.30. The maximum absolute atomic E-state index is 12.2. The second-order valence-corrected chi connectivity index (χ2v) is 5.77. The van der Waals surface area contributed by atoms with Crippen LogP contribution in [0.1, 0.15) is 12.8 Å². The molecule has 114 valence electrons. The minimum absolute atomic E-state index is 0.0912. The fourth-order valence-electron chi connectivity index (χ4n) is 3.09. The molecule has 0 radical (unpaired) electrons. The number of hydrogen-bond acceptors (Lipinski definition) is 5. The van der Waals surface area contributed by atoms with E-state index in [-0.39, 0.29) is 30.1 Å². The smallest absolute Gasteiger partial charge is 0.307 e. The van der Waals surface area contributed by atoms with Crippen molar-refractivity contribution in [2.24, 2.45) is 5.92 Å². The molecule has 0 spiro atoms. The normalized spacial score (nSPS) is 34.7. The van der Waals surface area contributed by atoms with Gasteiger partial charge in [-0.2, -0.15) is 0 Å². The molecule has 21 heavy (non-hydrogen) atoms. The Morgan fingerprint density at radius 3 is 3.00 bits per heavy atom. The highest BCUT2D eigenvalue weighted by atomic mass is 16.5. The zero-order valence-electron chi connectivity index (χ0n) is 12.1. The standard InChI is InChI=1S/C16H23N3O2/c20-16(10-12-11-17-8-9-18-12)21-15-6-3-7-19-14-5-2-1-4-13(14)15/h1-5,7,12-15,17-19H,6,8-11H2. The minimum atomic E-state index is -0.113. The Labute approximate surface area is 125 Å². The summed E-state index contributed by atoms with van der Waals surface area (Å²) in [4.78, 5) is 12.2. The van der Waals surface area contributed by atoms with E-state index in [1.807, 2.05) is 24.4 Å². The zero-order valence-corrected chi connectivity index (χ0v) is 12.1. The average molecular weight is 289 g/mol. The molecule has 2 heterocycles. The maximum atomic E-state index is 12.2. The van der Waals surface area contributed by atoms with Crippen molar-refractivity contribution in [3.05, 3.63) is 36.6 Å². The number of ether oxygens (including phenoxy) is 1. The van der Waals surface area contributed by atoms with Crippen LogP contribution in [0.5, 0.6) is 0 Å². The van der Waals surface area contributed by atoms with Gasteiger partial charge in [0.05, 0.1) is 12.5 Å². The number of piperazine rings is 1. The predicted octanol–water partition coefficient (Wildman–Crippen LogP) is 0.468. The van der Waals surface area contributed by atoms with Gasteiger partial charge >= 0.3 is 5.97 Å². The number of carbonyl (C=O) groups is 1. The molecule has 0 aromatic rings. The van der Waals surface area contributed by atoms with Crippen LogP contribution < -0.4 is 16.0 Å². The molecule has 0 bridgehead atoms. The van der Waals surface area contributed by atoms with E-state index in [1.165, 1.54) is 0 Å². The largest absolute Gasteiger partial charge is 0.461 e. The highest BCUT2D eigenvalue weighted by molar-refractivity contribution is 5.70. The third-order valence-corrected chi connectivity index (χ3v) is 4.20. The summed E-state index contributed by atoms with van der Waals surface area (Å²) < 4.78 is 5.76. The van der Waals surface area contributed by atoms with E-state index in [4.69, 9.17) is 4.74 Å². The molecule has 0 aromatic heterocycles. The van der Waals surface area contributed by atoms with Crippen molar-refractivity contribution in [1.82, 2.24) is 16.0 Å². The van der Waals surface area contributed by atoms with E-state index in [9.17, 15) is 4.79 Å². The number of rotatable bonds is 3. The van der Waals surface area contributed by atoms with Crippen LogP contribution in [0.2, 0.25) is 0 Å². The topological polar surface area (TPSA) is 62.4 Å². The van der Waals surface area contributed by atoms with Crippen molar-refractivity contribution >= 4 is 5.97 Å². The Morgan fingerprint density at radius 1 is 1.24 bits per heavy atom. The molecule has 3 rings (SSSR count). The molecule has 4 unspecified atom stereocenters. The molecule has 5 heteroatoms. The molecular formula is C16H23N3O2. The van der Waals surface area contributed by atoms with Crippen LogP contribution in [-0.4, -0.2) is 43.8 Å². The SMILES string of the molecule is O=C(CC1CNCCN1)OC1CC=CNC2C=CC=CC21. The summed E-state index contributed by atoms with van der Waals surface area (Å²) in [6.07, 6.45) is 13.4. The lowest BCUT2D eigenvalue weighted by atomic mass is 9.89. The maximum Gasteiger partial charge on any atom is 0.307 e. The van der Waals surface area contributed by atoms with Crippen LogP contribution >= 0.6 is 0 Å². The van der Waals surface area contributed by atoms with E-state index in [0.29, 0.717) is 6.42 Å². The second-order valence-electron chi connectivity index (χ2n) is 5.77. The van der Waals surface area contributed by atoms with Crippen molar-refractivity contribution < 1.29 is 9.53 Å². The van der Waals surface area contributed by atoms with Crippen molar-refractivity contribution in [3.8, 4) is 0 Å². The van der Waals surface area contributed by atoms with Gasteiger partial charge < -0.3 is 20.7 Å². The second kappa shape index (κ2) is 6.91. The highest BCUT2D eigenvalue weighted by Crippen LogP contribution is 2.24. The van der Waals surface area contributed by atoms with Gasteiger partial charge in [-0.05, 0) is 6.20 Å². The molecule has 4 atom stereocenters. The number of nitrogens with one attached hydrogen (secondary N) is 3. The van der Waals surface area contributed by atoms with Crippen LogP contribution in [0.4, 0.5) is 0 Å². The zero-order chi connectivity index (χ0) is 14.5. The Balaban J connectivity index is 1.57. The molecule has 3 N–H and O–H groups in total. The van der Waals surface area contributed by atoms with E-state index in [1.54, 1.807) is 0 Å². The molecule has 0 amide bonds. The van der Waals surface area contributed by atoms with Crippen molar-refractivity contribution in [1.29, 1.82) is 0 Å². The number of fused-ring (bicyclic) bond motifs is 1. The lowest BCUT2D eigenvalue weighted by molar-refractivity contribution is -0.151. The van der Waals surface area contributed by atoms with E-state index < -0.39 is 0 Å². The van der Waals surface area contributed by atoms with Crippen LogP contribution in [0.3, 0.4) is 0 Å². The third-order valence-electron chi connectivity index (χ3n) is 4.20. The Morgan fingerprint density at radius 2 is 2.14 bits per heavy atom. The molecule has 2 aliphatic heterocycles. The number of allylic oxidation sites excluding steroid dienone is 2. The highest BCUT2D eigenvalue weighted by Gasteiger charge is 2.31. The molecule has 0 saturated carbocycles. The molecule has 3 aliphatic rings. The average Bonchev–Trinajstić information content (AvgIpc) is 2.71. The molecular weight excluding hydrogens is 266 g/mol. The summed E-state index contributed by atoms with van der Waals surface area (Å²) in [6.45, 7) is 2.70. The molecule has 1 saturated heterocycles. The molecule has 1 aliphatic carbocycles. The van der Waals surface area contributed by atoms with Crippen molar-refractivity contribution in [2.75, 3.05) is 19.6 Å². The van der Waals surface area contributed by atoms with Crippen LogP contribution in [-0.2, 0) is 9.53 Å². The van der Waals surface area contributed by atoms with Gasteiger partial charge in [-0.3, -0.25) is 4.79 Å². The van der Waals surface area contributed by atoms with E-state index >= 15 is 0 Å². The van der Waals surface area contributed by atoms with Gasteiger partial charge in [-0.25, -0.2) is 0 Å². The fraction of sp³-hybridized carbons (Fsp3) is 0.562. The Kier molecular flexibility index (Phi) is 4.72. The van der Waals surface area contributed by atoms with Gasteiger partial charge in [0.1, 0.15) is 6.10 Å². The number of carbonyl (C=O) groups excluding carboxylic acids is 1. The first-order chi connectivity index (χ1) is 10.3. The first-order valence-electron chi connectivity index (χ1n) is 7.72. The molecule has 0 aromatic carbocycles. The summed E-state index contributed by atoms with van der Waals surface area (Å²) in [5, 5.41) is 9.96. The van der Waals surface area contributed by atoms with Gasteiger partial charge in [-0.15, -0.1) is 0 Å². The van der Waals surface area contributed by atoms with Crippen LogP contribution in [0, 0.1) is 5.92 Å². The predicted molar refractivity (Wildman–Crippen MR) is 81.6 cm³/mol. The Hall–Kier alpha value is -1.59. The lowest BCUT2D eigenvalue weighted by Crippen LogP contribution is -2.49. The Bertz CT molecular complexity index is 452. The van der Waals surface area contributed by atoms with Gasteiger partial charge in [0.15, 0.2) is 0 Å². The van der Waals surface area contributed by atoms with Crippen LogP contribution in [0.15, 0.2) is 36.6 Å². The van der Waals surface area contributed by atoms with Crippen molar-refractivity contribution in [3.63, 3.8) is 0 Å². The molecule has 5 nitrogen and oxygen atoms in total. The van der Waals surface area contributed by atoms with Gasteiger partial charge in [0.2, 0.25) is 0 Å². The number of esters is 1. The van der Waals surface area contributed by atoms with E-state index in [0.717, 1.165) is 26.1 Å². The monoisotopic (exact) mass is 289 g/mol. The van der Waals surface area contributed by atoms with Crippen LogP contribution in [0.25, 0.3) is 0 Å². The van der Waals surface area contributed by atoms with E-state index in [2.05, 4.69) is 28.1 Å². The molecule has 1 fully saturated rings. The summed E-state index contributed by atoms with van der Waals surface area (Å²) in [5.74, 6) is 0.0876.